The molecular formula is C36H27NO. The van der Waals surface area contributed by atoms with E-state index < -0.39 is 0 Å². The van der Waals surface area contributed by atoms with E-state index >= 15 is 0 Å². The molecule has 1 aromatic heterocycles. The Kier molecular flexibility index (Phi) is 6.07. The molecule has 0 atom stereocenters. The summed E-state index contributed by atoms with van der Waals surface area (Å²) in [5.74, 6) is 0. The second-order valence-electron chi connectivity index (χ2n) is 9.36. The Morgan fingerprint density at radius 2 is 1.24 bits per heavy atom. The zero-order chi connectivity index (χ0) is 26.1. The highest BCUT2D eigenvalue weighted by Crippen LogP contribution is 2.32. The first-order chi connectivity index (χ1) is 18.7. The molecule has 2 heteroatoms. The molecule has 6 aromatic rings. The van der Waals surface area contributed by atoms with Crippen molar-refractivity contribution in [1.82, 2.24) is 4.57 Å². The highest BCUT2D eigenvalue weighted by molar-refractivity contribution is 6.08. The highest BCUT2D eigenvalue weighted by atomic mass is 16.1. The first-order valence-electron chi connectivity index (χ1n) is 12.8. The van der Waals surface area contributed by atoms with Gasteiger partial charge in [-0.05, 0) is 76.0 Å². The molecule has 0 unspecified atom stereocenters. The molecule has 0 fully saturated rings. The molecule has 2 nitrogen and oxygen atoms in total. The van der Waals surface area contributed by atoms with Gasteiger partial charge in [-0.2, -0.15) is 0 Å². The third-order valence-electron chi connectivity index (χ3n) is 7.18. The van der Waals surface area contributed by atoms with Gasteiger partial charge in [0.25, 0.3) is 5.56 Å². The number of fused-ring (bicyclic) bond motifs is 3. The molecule has 0 spiro atoms. The van der Waals surface area contributed by atoms with Crippen LogP contribution in [0, 0.1) is 0 Å². The summed E-state index contributed by atoms with van der Waals surface area (Å²) in [6, 6.07) is 41.4. The van der Waals surface area contributed by atoms with Crippen LogP contribution in [0.3, 0.4) is 0 Å². The van der Waals surface area contributed by atoms with E-state index in [1.165, 1.54) is 0 Å². The van der Waals surface area contributed by atoms with Crippen molar-refractivity contribution in [2.75, 3.05) is 0 Å². The number of rotatable bonds is 5. The van der Waals surface area contributed by atoms with Crippen molar-refractivity contribution in [3.63, 3.8) is 0 Å². The van der Waals surface area contributed by atoms with E-state index in [9.17, 15) is 4.79 Å². The van der Waals surface area contributed by atoms with Crippen LogP contribution in [0.4, 0.5) is 0 Å². The van der Waals surface area contributed by atoms with Gasteiger partial charge in [0.15, 0.2) is 0 Å². The SMILES string of the molecule is C=C/C(=C\C)c1ccc2c(c1)c(=O)n(-c1ccc(-c3ccccc3)cc1)c1ccc(-c3ccccc3)cc21. The molecule has 0 bridgehead atoms. The van der Waals surface area contributed by atoms with Crippen LogP contribution in [-0.4, -0.2) is 4.57 Å². The Balaban J connectivity index is 1.63. The molecule has 0 aliphatic carbocycles. The Hall–Kier alpha value is -4.95. The van der Waals surface area contributed by atoms with Crippen molar-refractivity contribution >= 4 is 27.2 Å². The van der Waals surface area contributed by atoms with Crippen molar-refractivity contribution in [1.29, 1.82) is 0 Å². The molecule has 0 N–H and O–H groups in total. The van der Waals surface area contributed by atoms with Crippen molar-refractivity contribution in [3.8, 4) is 27.9 Å². The van der Waals surface area contributed by atoms with Crippen molar-refractivity contribution < 1.29 is 0 Å². The van der Waals surface area contributed by atoms with Crippen molar-refractivity contribution in [2.45, 2.75) is 6.92 Å². The van der Waals surface area contributed by atoms with Gasteiger partial charge in [-0.15, -0.1) is 0 Å². The van der Waals surface area contributed by atoms with E-state index in [1.54, 1.807) is 0 Å². The fourth-order valence-electron chi connectivity index (χ4n) is 5.21. The largest absolute Gasteiger partial charge is 0.276 e. The monoisotopic (exact) mass is 489 g/mol. The summed E-state index contributed by atoms with van der Waals surface area (Å²) in [6.45, 7) is 5.94. The summed E-state index contributed by atoms with van der Waals surface area (Å²) in [7, 11) is 0. The average Bonchev–Trinajstić information content (AvgIpc) is 2.99. The van der Waals surface area contributed by atoms with Gasteiger partial charge in [-0.25, -0.2) is 0 Å². The molecule has 0 saturated heterocycles. The topological polar surface area (TPSA) is 22.0 Å². The summed E-state index contributed by atoms with van der Waals surface area (Å²) in [4.78, 5) is 14.1. The zero-order valence-corrected chi connectivity index (χ0v) is 21.3. The standard InChI is InChI=1S/C36H27NO/c1-3-25(4-2)29-17-21-32-33-23-30(27-13-9-6-10-14-27)18-22-35(33)37(36(38)34(32)24-29)31-19-15-28(16-20-31)26-11-7-5-8-12-26/h3-24H,1H2,2H3/b25-4+. The van der Waals surface area contributed by atoms with E-state index in [0.717, 1.165) is 55.4 Å². The predicted octanol–water partition coefficient (Wildman–Crippen LogP) is 9.07. The van der Waals surface area contributed by atoms with Gasteiger partial charge in [-0.1, -0.05) is 110 Å². The lowest BCUT2D eigenvalue weighted by Gasteiger charge is -2.16. The molecule has 0 radical (unpaired) electrons. The van der Waals surface area contributed by atoms with E-state index in [2.05, 4.69) is 73.3 Å². The van der Waals surface area contributed by atoms with E-state index in [1.807, 2.05) is 78.2 Å². The Morgan fingerprint density at radius 1 is 0.632 bits per heavy atom. The summed E-state index contributed by atoms with van der Waals surface area (Å²) in [6.07, 6.45) is 3.85. The van der Waals surface area contributed by atoms with Crippen molar-refractivity contribution in [2.24, 2.45) is 0 Å². The average molecular weight is 490 g/mol. The summed E-state index contributed by atoms with van der Waals surface area (Å²) in [5.41, 5.74) is 8.21. The van der Waals surface area contributed by atoms with Crippen molar-refractivity contribution in [3.05, 3.63) is 156 Å². The normalized spacial score (nSPS) is 11.7. The van der Waals surface area contributed by atoms with Crippen LogP contribution in [0.15, 0.2) is 145 Å². The molecule has 0 amide bonds. The quantitative estimate of drug-likeness (QED) is 0.175. The van der Waals surface area contributed by atoms with Gasteiger partial charge in [0, 0.05) is 16.5 Å². The minimum Gasteiger partial charge on any atom is -0.276 e. The number of hydrogen-bond acceptors (Lipinski definition) is 1. The number of benzene rings is 5. The highest BCUT2D eigenvalue weighted by Gasteiger charge is 2.15. The predicted molar refractivity (Wildman–Crippen MR) is 162 cm³/mol. The van der Waals surface area contributed by atoms with Crippen LogP contribution < -0.4 is 5.56 Å². The molecule has 0 aliphatic heterocycles. The first kappa shape index (κ1) is 23.4. The first-order valence-corrected chi connectivity index (χ1v) is 12.8. The van der Waals surface area contributed by atoms with Crippen LogP contribution in [0.1, 0.15) is 12.5 Å². The minimum absolute atomic E-state index is 0.0335. The lowest BCUT2D eigenvalue weighted by molar-refractivity contribution is 1.06. The van der Waals surface area contributed by atoms with Gasteiger partial charge in [-0.3, -0.25) is 9.36 Å². The van der Waals surface area contributed by atoms with Crippen LogP contribution in [0.5, 0.6) is 0 Å². The maximum Gasteiger partial charge on any atom is 0.263 e. The van der Waals surface area contributed by atoms with Crippen LogP contribution >= 0.6 is 0 Å². The fraction of sp³-hybridized carbons (Fsp3) is 0.0278. The van der Waals surface area contributed by atoms with Gasteiger partial charge >= 0.3 is 0 Å². The molecule has 38 heavy (non-hydrogen) atoms. The summed E-state index contributed by atoms with van der Waals surface area (Å²) >= 11 is 0. The number of allylic oxidation sites excluding steroid dienone is 3. The third-order valence-corrected chi connectivity index (χ3v) is 7.18. The lowest BCUT2D eigenvalue weighted by atomic mass is 9.96. The Morgan fingerprint density at radius 3 is 1.87 bits per heavy atom. The summed E-state index contributed by atoms with van der Waals surface area (Å²) in [5, 5.41) is 2.68. The molecule has 0 aliphatic rings. The second-order valence-corrected chi connectivity index (χ2v) is 9.36. The zero-order valence-electron chi connectivity index (χ0n) is 21.3. The van der Waals surface area contributed by atoms with E-state index in [0.29, 0.717) is 5.39 Å². The van der Waals surface area contributed by atoms with E-state index in [4.69, 9.17) is 0 Å². The molecule has 1 heterocycles. The maximum absolute atomic E-state index is 14.1. The number of aromatic nitrogens is 1. The van der Waals surface area contributed by atoms with Gasteiger partial charge in [0.1, 0.15) is 0 Å². The number of pyridine rings is 1. The number of nitrogens with zero attached hydrogens (tertiary/aromatic N) is 1. The van der Waals surface area contributed by atoms with E-state index in [-0.39, 0.29) is 5.56 Å². The Bertz CT molecular complexity index is 1880. The molecule has 6 rings (SSSR count). The number of hydrogen-bond donors (Lipinski definition) is 0. The van der Waals surface area contributed by atoms with Crippen LogP contribution in [-0.2, 0) is 0 Å². The Labute approximate surface area is 222 Å². The third kappa shape index (κ3) is 4.07. The summed E-state index contributed by atoms with van der Waals surface area (Å²) < 4.78 is 1.84. The van der Waals surface area contributed by atoms with Gasteiger partial charge in [0.2, 0.25) is 0 Å². The molecular weight excluding hydrogens is 462 g/mol. The maximum atomic E-state index is 14.1. The fourth-order valence-corrected chi connectivity index (χ4v) is 5.21. The molecule has 0 saturated carbocycles. The smallest absolute Gasteiger partial charge is 0.263 e. The minimum atomic E-state index is -0.0335. The molecule has 182 valence electrons. The van der Waals surface area contributed by atoms with Crippen LogP contribution in [0.25, 0.3) is 55.2 Å². The molecule has 5 aromatic carbocycles. The van der Waals surface area contributed by atoms with Gasteiger partial charge < -0.3 is 0 Å². The second kappa shape index (κ2) is 9.84. The van der Waals surface area contributed by atoms with Gasteiger partial charge in [0.05, 0.1) is 5.52 Å². The lowest BCUT2D eigenvalue weighted by Crippen LogP contribution is -2.19. The van der Waals surface area contributed by atoms with Crippen LogP contribution in [0.2, 0.25) is 0 Å².